The smallest absolute Gasteiger partial charge is 0.261 e. The van der Waals surface area contributed by atoms with Crippen molar-refractivity contribution in [2.75, 3.05) is 40.3 Å². The van der Waals surface area contributed by atoms with Crippen LogP contribution in [0.3, 0.4) is 0 Å². The van der Waals surface area contributed by atoms with E-state index in [2.05, 4.69) is 20.9 Å². The molecule has 1 rings (SSSR count). The number of likely N-dealkylation sites (N-methyl/N-ethyl adjacent to an activating group) is 1. The summed E-state index contributed by atoms with van der Waals surface area (Å²) in [6, 6.07) is 3.66. The van der Waals surface area contributed by atoms with Gasteiger partial charge < -0.3 is 20.9 Å². The number of amides is 2. The molecule has 2 amide bonds. The maximum Gasteiger partial charge on any atom is 0.261 e. The Bertz CT molecular complexity index is 520. The van der Waals surface area contributed by atoms with Gasteiger partial charge in [0.2, 0.25) is 5.91 Å². The normalized spacial score (nSPS) is 10.5. The highest BCUT2D eigenvalue weighted by molar-refractivity contribution is 14.0. The number of halogens is 1. The second-order valence-corrected chi connectivity index (χ2v) is 5.94. The van der Waals surface area contributed by atoms with E-state index in [9.17, 15) is 9.59 Å². The molecular weight excluding hydrogens is 441 g/mol. The molecule has 0 spiro atoms. The van der Waals surface area contributed by atoms with Gasteiger partial charge in [-0.05, 0) is 24.8 Å². The lowest BCUT2D eigenvalue weighted by Crippen LogP contribution is -2.39. The lowest BCUT2D eigenvalue weighted by Gasteiger charge is -2.12. The molecule has 9 heteroatoms. The molecule has 136 valence electrons. The lowest BCUT2D eigenvalue weighted by atomic mass is 10.4. The van der Waals surface area contributed by atoms with Crippen LogP contribution in [0.4, 0.5) is 0 Å². The number of guanidine groups is 1. The van der Waals surface area contributed by atoms with E-state index in [1.807, 2.05) is 18.4 Å². The molecule has 3 N–H and O–H groups in total. The molecule has 0 aliphatic carbocycles. The Labute approximate surface area is 164 Å². The van der Waals surface area contributed by atoms with E-state index in [-0.39, 0.29) is 42.3 Å². The van der Waals surface area contributed by atoms with Gasteiger partial charge in [-0.1, -0.05) is 6.07 Å². The van der Waals surface area contributed by atoms with Crippen LogP contribution in [-0.2, 0) is 4.79 Å². The van der Waals surface area contributed by atoms with Gasteiger partial charge in [0.05, 0.1) is 4.88 Å². The monoisotopic (exact) mass is 467 g/mol. The molecule has 0 aromatic carbocycles. The van der Waals surface area contributed by atoms with Gasteiger partial charge in [0.1, 0.15) is 6.54 Å². The molecule has 0 aliphatic heterocycles. The summed E-state index contributed by atoms with van der Waals surface area (Å²) in [5, 5.41) is 11.0. The number of nitrogens with zero attached hydrogens (tertiary/aromatic N) is 2. The molecule has 1 heterocycles. The number of hydrogen-bond acceptors (Lipinski definition) is 4. The van der Waals surface area contributed by atoms with Crippen LogP contribution in [0.5, 0.6) is 0 Å². The minimum absolute atomic E-state index is 0. The Hall–Kier alpha value is -1.36. The second-order valence-electron chi connectivity index (χ2n) is 5.00. The molecule has 1 aromatic rings. The highest BCUT2D eigenvalue weighted by Crippen LogP contribution is 2.07. The summed E-state index contributed by atoms with van der Waals surface area (Å²) >= 11 is 1.43. The van der Waals surface area contributed by atoms with Gasteiger partial charge in [-0.25, -0.2) is 4.99 Å². The number of carbonyl (C=O) groups is 2. The van der Waals surface area contributed by atoms with Gasteiger partial charge >= 0.3 is 0 Å². The molecule has 24 heavy (non-hydrogen) atoms. The predicted octanol–water partition coefficient (Wildman–Crippen LogP) is 1.13. The first kappa shape index (κ1) is 22.6. The molecule has 0 fully saturated rings. The number of thiophene rings is 1. The van der Waals surface area contributed by atoms with Gasteiger partial charge in [0.25, 0.3) is 5.91 Å². The maximum atomic E-state index is 11.7. The zero-order valence-corrected chi connectivity index (χ0v) is 17.4. The summed E-state index contributed by atoms with van der Waals surface area (Å²) in [5.41, 5.74) is 0. The fourth-order valence-corrected chi connectivity index (χ4v) is 2.26. The molecule has 0 bridgehead atoms. The van der Waals surface area contributed by atoms with Crippen molar-refractivity contribution in [3.05, 3.63) is 22.4 Å². The molecule has 0 radical (unpaired) electrons. The van der Waals surface area contributed by atoms with Gasteiger partial charge in [-0.2, -0.15) is 0 Å². The zero-order valence-electron chi connectivity index (χ0n) is 14.3. The first-order valence-corrected chi connectivity index (χ1v) is 8.46. The minimum Gasteiger partial charge on any atom is -0.357 e. The van der Waals surface area contributed by atoms with Crippen molar-refractivity contribution in [2.45, 2.75) is 13.3 Å². The van der Waals surface area contributed by atoms with Crippen molar-refractivity contribution in [3.8, 4) is 0 Å². The van der Waals surface area contributed by atoms with Crippen LogP contribution in [0, 0.1) is 0 Å². The minimum atomic E-state index is -0.0505. The largest absolute Gasteiger partial charge is 0.357 e. The Morgan fingerprint density at radius 2 is 1.92 bits per heavy atom. The summed E-state index contributed by atoms with van der Waals surface area (Å²) < 4.78 is 0. The van der Waals surface area contributed by atoms with E-state index in [0.29, 0.717) is 19.0 Å². The molecular formula is C15H26IN5O2S. The highest BCUT2D eigenvalue weighted by atomic mass is 127. The summed E-state index contributed by atoms with van der Waals surface area (Å²) in [7, 11) is 3.41. The molecule has 1 aromatic heterocycles. The van der Waals surface area contributed by atoms with Crippen molar-refractivity contribution < 1.29 is 9.59 Å². The van der Waals surface area contributed by atoms with Crippen molar-refractivity contribution in [1.29, 1.82) is 0 Å². The topological polar surface area (TPSA) is 85.8 Å². The Kier molecular flexibility index (Phi) is 12.3. The zero-order chi connectivity index (χ0) is 17.1. The first-order chi connectivity index (χ1) is 11.0. The van der Waals surface area contributed by atoms with Crippen molar-refractivity contribution in [2.24, 2.45) is 4.99 Å². The fraction of sp³-hybridized carbons (Fsp3) is 0.533. The van der Waals surface area contributed by atoms with E-state index in [4.69, 9.17) is 0 Å². The second kappa shape index (κ2) is 13.0. The third kappa shape index (κ3) is 9.06. The molecule has 0 saturated heterocycles. The van der Waals surface area contributed by atoms with E-state index in [1.165, 1.54) is 16.2 Å². The number of aliphatic imine (C=N–C) groups is 1. The molecule has 0 saturated carbocycles. The van der Waals surface area contributed by atoms with Crippen molar-refractivity contribution in [1.82, 2.24) is 20.9 Å². The van der Waals surface area contributed by atoms with E-state index in [1.54, 1.807) is 20.2 Å². The van der Waals surface area contributed by atoms with E-state index < -0.39 is 0 Å². The van der Waals surface area contributed by atoms with Crippen molar-refractivity contribution in [3.63, 3.8) is 0 Å². The SMILES string of the molecule is CCNC(=NCC(=O)N(C)C)NCCCNC(=O)c1cccs1.I. The summed E-state index contributed by atoms with van der Waals surface area (Å²) in [6.45, 7) is 4.03. The molecule has 0 unspecified atom stereocenters. The van der Waals surface area contributed by atoms with Gasteiger partial charge in [-0.15, -0.1) is 35.3 Å². The Balaban J connectivity index is 0.00000529. The van der Waals surface area contributed by atoms with Gasteiger partial charge in [0, 0.05) is 33.7 Å². The van der Waals surface area contributed by atoms with E-state index >= 15 is 0 Å². The summed E-state index contributed by atoms with van der Waals surface area (Å²) in [5.74, 6) is 0.509. The third-order valence-electron chi connectivity index (χ3n) is 2.89. The number of nitrogens with one attached hydrogen (secondary N) is 3. The Morgan fingerprint density at radius 3 is 2.50 bits per heavy atom. The van der Waals surface area contributed by atoms with Crippen LogP contribution in [0.15, 0.2) is 22.5 Å². The van der Waals surface area contributed by atoms with Gasteiger partial charge in [-0.3, -0.25) is 9.59 Å². The molecule has 7 nitrogen and oxygen atoms in total. The molecule has 0 atom stereocenters. The van der Waals surface area contributed by atoms with Crippen LogP contribution in [0.2, 0.25) is 0 Å². The van der Waals surface area contributed by atoms with Crippen LogP contribution < -0.4 is 16.0 Å². The van der Waals surface area contributed by atoms with Crippen LogP contribution in [0.1, 0.15) is 23.0 Å². The number of hydrogen-bond donors (Lipinski definition) is 3. The van der Waals surface area contributed by atoms with Crippen molar-refractivity contribution >= 4 is 53.1 Å². The fourth-order valence-electron chi connectivity index (χ4n) is 1.62. The quantitative estimate of drug-likeness (QED) is 0.232. The highest BCUT2D eigenvalue weighted by Gasteiger charge is 2.05. The summed E-state index contributed by atoms with van der Waals surface area (Å²) in [4.78, 5) is 29.7. The Morgan fingerprint density at radius 1 is 1.21 bits per heavy atom. The standard InChI is InChI=1S/C15H25N5O2S.HI/c1-4-16-15(19-11-13(21)20(2)3)18-9-6-8-17-14(22)12-7-5-10-23-12;/h5,7,10H,4,6,8-9,11H2,1-3H3,(H,17,22)(H2,16,18,19);1H. The third-order valence-corrected chi connectivity index (χ3v) is 3.76. The van der Waals surface area contributed by atoms with E-state index in [0.717, 1.165) is 17.8 Å². The number of rotatable bonds is 8. The van der Waals surface area contributed by atoms with Crippen LogP contribution in [0.25, 0.3) is 0 Å². The maximum absolute atomic E-state index is 11.7. The average molecular weight is 467 g/mol. The summed E-state index contributed by atoms with van der Waals surface area (Å²) in [6.07, 6.45) is 0.767. The first-order valence-electron chi connectivity index (χ1n) is 7.58. The lowest BCUT2D eigenvalue weighted by molar-refractivity contribution is -0.127. The number of carbonyl (C=O) groups excluding carboxylic acids is 2. The molecule has 0 aliphatic rings. The van der Waals surface area contributed by atoms with Crippen LogP contribution >= 0.6 is 35.3 Å². The average Bonchev–Trinajstić information content (AvgIpc) is 3.05. The van der Waals surface area contributed by atoms with Gasteiger partial charge in [0.15, 0.2) is 5.96 Å². The van der Waals surface area contributed by atoms with Crippen LogP contribution in [-0.4, -0.2) is 62.9 Å². The predicted molar refractivity (Wildman–Crippen MR) is 109 cm³/mol.